The number of hydrogen-bond acceptors (Lipinski definition) is 3. The van der Waals surface area contributed by atoms with Crippen LogP contribution in [0.2, 0.25) is 0 Å². The molecular weight excluding hydrogens is 219 g/mol. The molecule has 1 rings (SSSR count). The first kappa shape index (κ1) is 11.8. The number of hydrogen-bond donors (Lipinski definition) is 0. The highest BCUT2D eigenvalue weighted by atomic mass is 31.2. The fourth-order valence-corrected chi connectivity index (χ4v) is 15.9. The van der Waals surface area contributed by atoms with Gasteiger partial charge in [-0.25, -0.2) is 13.5 Å². The van der Waals surface area contributed by atoms with Crippen LogP contribution in [0.5, 0.6) is 0 Å². The maximum Gasteiger partial charge on any atom is 0.0776 e. The van der Waals surface area contributed by atoms with Crippen LogP contribution in [0.15, 0.2) is 13.5 Å². The molecule has 13 heavy (non-hydrogen) atoms. The van der Waals surface area contributed by atoms with Crippen LogP contribution in [0, 0.1) is 0 Å². The van der Waals surface area contributed by atoms with Crippen molar-refractivity contribution in [2.75, 3.05) is 39.5 Å². The van der Waals surface area contributed by atoms with Crippen LogP contribution in [0.1, 0.15) is 6.92 Å². The van der Waals surface area contributed by atoms with E-state index in [9.17, 15) is 0 Å². The molecule has 0 saturated carbocycles. The molecule has 0 aromatic rings. The molecule has 0 radical (unpaired) electrons. The van der Waals surface area contributed by atoms with Gasteiger partial charge in [0.25, 0.3) is 0 Å². The van der Waals surface area contributed by atoms with E-state index in [0.29, 0.717) is 0 Å². The minimum atomic E-state index is -1.34. The van der Waals surface area contributed by atoms with Gasteiger partial charge in [0.15, 0.2) is 0 Å². The summed E-state index contributed by atoms with van der Waals surface area (Å²) in [6, 6.07) is 0. The molecule has 0 aliphatic carbocycles. The monoisotopic (exact) mass is 239 g/mol. The van der Waals surface area contributed by atoms with E-state index in [4.69, 9.17) is 13.5 Å². The van der Waals surface area contributed by atoms with Crippen molar-refractivity contribution >= 4 is 21.6 Å². The molecule has 1 aliphatic heterocycles. The largest absolute Gasteiger partial charge is 0.242 e. The van der Waals surface area contributed by atoms with E-state index in [1.54, 1.807) is 0 Å². The van der Waals surface area contributed by atoms with Gasteiger partial charge in [0.1, 0.15) is 0 Å². The minimum absolute atomic E-state index is 1.11. The second-order valence-corrected chi connectivity index (χ2v) is 14.6. The summed E-state index contributed by atoms with van der Waals surface area (Å²) in [5, 5.41) is 0. The van der Waals surface area contributed by atoms with Crippen molar-refractivity contribution in [2.45, 2.75) is 6.92 Å². The van der Waals surface area contributed by atoms with Crippen molar-refractivity contribution in [3.05, 3.63) is 0 Å². The van der Waals surface area contributed by atoms with E-state index in [1.165, 1.54) is 0 Å². The molecule has 1 heterocycles. The lowest BCUT2D eigenvalue weighted by molar-refractivity contribution is 1.44. The van der Waals surface area contributed by atoms with Gasteiger partial charge in [0.05, 0.1) is 21.6 Å². The lowest BCUT2D eigenvalue weighted by Crippen LogP contribution is -1.86. The Morgan fingerprint density at radius 3 is 1.62 bits per heavy atom. The Morgan fingerprint density at radius 2 is 1.23 bits per heavy atom. The van der Waals surface area contributed by atoms with Crippen molar-refractivity contribution in [3.8, 4) is 0 Å². The van der Waals surface area contributed by atoms with Crippen molar-refractivity contribution in [1.29, 1.82) is 0 Å². The summed E-state index contributed by atoms with van der Waals surface area (Å²) in [6.07, 6.45) is 1.11. The summed E-state index contributed by atoms with van der Waals surface area (Å²) in [5.41, 5.74) is 0. The molecule has 0 spiro atoms. The summed E-state index contributed by atoms with van der Waals surface area (Å²) in [4.78, 5) is 0. The molecular formula is C7H20N3P3. The zero-order valence-electron chi connectivity index (χ0n) is 9.39. The Balaban J connectivity index is 3.44. The Labute approximate surface area is 82.1 Å². The highest BCUT2D eigenvalue weighted by Gasteiger charge is 2.22. The second kappa shape index (κ2) is 3.37. The first-order chi connectivity index (χ1) is 5.68. The van der Waals surface area contributed by atoms with Gasteiger partial charge in [-0.1, -0.05) is 6.92 Å². The Kier molecular flexibility index (Phi) is 3.05. The van der Waals surface area contributed by atoms with Gasteiger partial charge in [-0.2, -0.15) is 0 Å². The Hall–Kier alpha value is 0.690. The Morgan fingerprint density at radius 1 is 0.769 bits per heavy atom. The minimum Gasteiger partial charge on any atom is -0.242 e. The zero-order chi connectivity index (χ0) is 10.3. The maximum atomic E-state index is 4.88. The van der Waals surface area contributed by atoms with Gasteiger partial charge < -0.3 is 0 Å². The van der Waals surface area contributed by atoms with Crippen LogP contribution in [-0.4, -0.2) is 39.5 Å². The fourth-order valence-electron chi connectivity index (χ4n) is 1.66. The van der Waals surface area contributed by atoms with E-state index in [-0.39, 0.29) is 0 Å². The molecule has 0 amide bonds. The third-order valence-corrected chi connectivity index (χ3v) is 13.1. The average molecular weight is 239 g/mol. The van der Waals surface area contributed by atoms with Crippen LogP contribution >= 0.6 is 21.6 Å². The van der Waals surface area contributed by atoms with Gasteiger partial charge in [-0.05, 0) is 39.5 Å². The van der Waals surface area contributed by atoms with Crippen LogP contribution in [-0.2, 0) is 0 Å². The van der Waals surface area contributed by atoms with E-state index < -0.39 is 21.6 Å². The lowest BCUT2D eigenvalue weighted by atomic mass is 11.0. The van der Waals surface area contributed by atoms with Gasteiger partial charge in [-0.15, -0.1) is 0 Å². The molecule has 1 unspecified atom stereocenters. The smallest absolute Gasteiger partial charge is 0.0776 e. The van der Waals surface area contributed by atoms with E-state index in [1.807, 2.05) is 0 Å². The third-order valence-electron chi connectivity index (χ3n) is 1.86. The van der Waals surface area contributed by atoms with Gasteiger partial charge in [0, 0.05) is 0 Å². The molecule has 0 bridgehead atoms. The average Bonchev–Trinajstić information content (AvgIpc) is 1.79. The molecule has 78 valence electrons. The normalized spacial score (nSPS) is 35.5. The summed E-state index contributed by atoms with van der Waals surface area (Å²) in [7, 11) is -4.01. The van der Waals surface area contributed by atoms with Crippen molar-refractivity contribution in [1.82, 2.24) is 0 Å². The SMILES string of the molecule is CCP1(C)=NP(C)(C)=NP(C)(C)=N1. The van der Waals surface area contributed by atoms with Gasteiger partial charge in [-0.3, -0.25) is 0 Å². The van der Waals surface area contributed by atoms with Crippen molar-refractivity contribution < 1.29 is 0 Å². The maximum absolute atomic E-state index is 4.88. The van der Waals surface area contributed by atoms with Gasteiger partial charge in [0.2, 0.25) is 0 Å². The summed E-state index contributed by atoms with van der Waals surface area (Å²) in [5.74, 6) is 0. The van der Waals surface area contributed by atoms with E-state index in [0.717, 1.165) is 6.16 Å². The first-order valence-electron chi connectivity index (χ1n) is 4.46. The van der Waals surface area contributed by atoms with Crippen LogP contribution in [0.3, 0.4) is 0 Å². The first-order valence-corrected chi connectivity index (χ1v) is 12.0. The molecule has 0 aromatic heterocycles. The second-order valence-electron chi connectivity index (χ2n) is 4.35. The molecule has 6 heteroatoms. The predicted molar refractivity (Wildman–Crippen MR) is 68.2 cm³/mol. The molecule has 0 aromatic carbocycles. The fraction of sp³-hybridized carbons (Fsp3) is 1.00. The van der Waals surface area contributed by atoms with E-state index >= 15 is 0 Å². The Bertz CT molecular complexity index is 361. The summed E-state index contributed by atoms with van der Waals surface area (Å²) < 4.78 is 14.6. The molecule has 0 saturated heterocycles. The van der Waals surface area contributed by atoms with Crippen molar-refractivity contribution in [2.24, 2.45) is 13.5 Å². The lowest BCUT2D eigenvalue weighted by Gasteiger charge is -2.27. The van der Waals surface area contributed by atoms with Crippen LogP contribution < -0.4 is 0 Å². The predicted octanol–water partition coefficient (Wildman–Crippen LogP) is 4.52. The van der Waals surface area contributed by atoms with Crippen LogP contribution in [0.25, 0.3) is 0 Å². The quantitative estimate of drug-likeness (QED) is 0.603. The van der Waals surface area contributed by atoms with Crippen molar-refractivity contribution in [3.63, 3.8) is 0 Å². The molecule has 0 N–H and O–H groups in total. The molecule has 0 fully saturated rings. The highest BCUT2D eigenvalue weighted by molar-refractivity contribution is 7.86. The molecule has 3 nitrogen and oxygen atoms in total. The third kappa shape index (κ3) is 3.08. The summed E-state index contributed by atoms with van der Waals surface area (Å²) in [6.45, 7) is 13.3. The topological polar surface area (TPSA) is 37.1 Å². The van der Waals surface area contributed by atoms with E-state index in [2.05, 4.69) is 40.2 Å². The van der Waals surface area contributed by atoms with Crippen LogP contribution in [0.4, 0.5) is 0 Å². The standard InChI is InChI=1S/C7H20N3P3/c1-7-13(6)9-11(2,3)8-12(4,5)10-13/h7H2,1-6H3. The molecule has 1 aliphatic rings. The highest BCUT2D eigenvalue weighted by Crippen LogP contribution is 2.72. The van der Waals surface area contributed by atoms with Gasteiger partial charge >= 0.3 is 0 Å². The summed E-state index contributed by atoms with van der Waals surface area (Å²) >= 11 is 0. The molecule has 1 atom stereocenters. The number of rotatable bonds is 1. The zero-order valence-corrected chi connectivity index (χ0v) is 12.1. The number of nitrogens with zero attached hydrogens (tertiary/aromatic N) is 3.